The van der Waals surface area contributed by atoms with Crippen molar-refractivity contribution in [1.29, 1.82) is 0 Å². The number of amides is 1. The van der Waals surface area contributed by atoms with Gasteiger partial charge < -0.3 is 9.84 Å². The first-order chi connectivity index (χ1) is 11.5. The zero-order valence-corrected chi connectivity index (χ0v) is 14.0. The van der Waals surface area contributed by atoms with Gasteiger partial charge in [-0.05, 0) is 38.1 Å². The summed E-state index contributed by atoms with van der Waals surface area (Å²) in [6.07, 6.45) is 0. The lowest BCUT2D eigenvalue weighted by atomic mass is 10.1. The summed E-state index contributed by atoms with van der Waals surface area (Å²) >= 11 is 5.91. The molecule has 0 bridgehead atoms. The molecule has 6 heteroatoms. The Morgan fingerprint density at radius 2 is 2.00 bits per heavy atom. The average Bonchev–Trinajstić information content (AvgIpc) is 3.05. The van der Waals surface area contributed by atoms with E-state index >= 15 is 0 Å². The van der Waals surface area contributed by atoms with Gasteiger partial charge in [-0.1, -0.05) is 46.6 Å². The first-order valence-corrected chi connectivity index (χ1v) is 7.88. The van der Waals surface area contributed by atoms with Crippen molar-refractivity contribution < 1.29 is 9.32 Å². The Morgan fingerprint density at radius 3 is 2.75 bits per heavy atom. The number of aromatic nitrogens is 2. The zero-order valence-electron chi connectivity index (χ0n) is 13.3. The second-order valence-corrected chi connectivity index (χ2v) is 5.97. The summed E-state index contributed by atoms with van der Waals surface area (Å²) in [6.45, 7) is 3.79. The van der Waals surface area contributed by atoms with Gasteiger partial charge in [0, 0.05) is 16.1 Å². The topological polar surface area (TPSA) is 68.0 Å². The predicted molar refractivity (Wildman–Crippen MR) is 91.8 cm³/mol. The molecule has 0 aliphatic heterocycles. The lowest BCUT2D eigenvalue weighted by molar-refractivity contribution is 0.0932. The third kappa shape index (κ3) is 3.63. The average molecular weight is 342 g/mol. The molecule has 1 aromatic heterocycles. The van der Waals surface area contributed by atoms with E-state index in [-0.39, 0.29) is 5.91 Å². The summed E-state index contributed by atoms with van der Waals surface area (Å²) in [5.74, 6) is 0.597. The molecule has 0 fully saturated rings. The van der Waals surface area contributed by atoms with Gasteiger partial charge in [-0.15, -0.1) is 0 Å². The minimum absolute atomic E-state index is 0.250. The highest BCUT2D eigenvalue weighted by atomic mass is 35.5. The van der Waals surface area contributed by atoms with E-state index in [0.29, 0.717) is 22.3 Å². The number of aryl methyl sites for hydroxylation is 1. The van der Waals surface area contributed by atoms with Gasteiger partial charge in [-0.3, -0.25) is 4.79 Å². The number of nitrogens with one attached hydrogen (secondary N) is 1. The summed E-state index contributed by atoms with van der Waals surface area (Å²) in [5, 5.41) is 7.32. The van der Waals surface area contributed by atoms with Crippen LogP contribution in [0.15, 0.2) is 53.1 Å². The smallest absolute Gasteiger partial charge is 0.251 e. The Kier molecular flexibility index (Phi) is 4.62. The van der Waals surface area contributed by atoms with Crippen molar-refractivity contribution >= 4 is 17.5 Å². The van der Waals surface area contributed by atoms with Crippen molar-refractivity contribution in [2.45, 2.75) is 19.9 Å². The van der Waals surface area contributed by atoms with Crippen molar-refractivity contribution in [2.75, 3.05) is 0 Å². The van der Waals surface area contributed by atoms with Gasteiger partial charge in [-0.2, -0.15) is 4.98 Å². The summed E-state index contributed by atoms with van der Waals surface area (Å²) in [5.41, 5.74) is 2.47. The van der Waals surface area contributed by atoms with Gasteiger partial charge in [-0.25, -0.2) is 0 Å². The largest absolute Gasteiger partial charge is 0.341 e. The van der Waals surface area contributed by atoms with Crippen LogP contribution >= 0.6 is 11.6 Å². The first-order valence-electron chi connectivity index (χ1n) is 7.50. The first kappa shape index (κ1) is 16.2. The molecule has 1 N–H and O–H groups in total. The number of benzene rings is 2. The van der Waals surface area contributed by atoms with Crippen LogP contribution in [0.5, 0.6) is 0 Å². The molecular formula is C18H16ClN3O2. The van der Waals surface area contributed by atoms with Gasteiger partial charge >= 0.3 is 0 Å². The summed E-state index contributed by atoms with van der Waals surface area (Å²) < 4.78 is 5.28. The molecule has 5 nitrogen and oxygen atoms in total. The molecular weight excluding hydrogens is 326 g/mol. The summed E-state index contributed by atoms with van der Waals surface area (Å²) in [6, 6.07) is 14.2. The fourth-order valence-corrected chi connectivity index (χ4v) is 2.47. The number of carbonyl (C=O) groups excluding carboxylic acids is 1. The van der Waals surface area contributed by atoms with Crippen molar-refractivity contribution in [1.82, 2.24) is 15.5 Å². The molecule has 0 saturated carbocycles. The number of nitrogens with zero attached hydrogens (tertiary/aromatic N) is 2. The van der Waals surface area contributed by atoms with Gasteiger partial charge in [0.25, 0.3) is 5.91 Å². The molecule has 0 aliphatic carbocycles. The van der Waals surface area contributed by atoms with E-state index in [1.807, 2.05) is 31.2 Å². The highest BCUT2D eigenvalue weighted by molar-refractivity contribution is 6.30. The van der Waals surface area contributed by atoms with E-state index in [1.54, 1.807) is 31.2 Å². The van der Waals surface area contributed by atoms with Crippen LogP contribution in [-0.2, 0) is 0 Å². The van der Waals surface area contributed by atoms with Crippen LogP contribution < -0.4 is 5.32 Å². The Labute approximate surface area is 144 Å². The molecule has 3 rings (SSSR count). The molecule has 122 valence electrons. The van der Waals surface area contributed by atoms with Crippen LogP contribution in [0.1, 0.15) is 34.8 Å². The molecule has 1 amide bonds. The van der Waals surface area contributed by atoms with Crippen molar-refractivity contribution in [2.24, 2.45) is 0 Å². The lowest BCUT2D eigenvalue weighted by Crippen LogP contribution is -2.26. The Bertz CT molecular complexity index is 876. The molecule has 1 heterocycles. The van der Waals surface area contributed by atoms with Gasteiger partial charge in [0.15, 0.2) is 0 Å². The number of rotatable bonds is 4. The van der Waals surface area contributed by atoms with E-state index in [2.05, 4.69) is 15.5 Å². The van der Waals surface area contributed by atoms with Gasteiger partial charge in [0.2, 0.25) is 11.7 Å². The Hall–Kier alpha value is -2.66. The number of carbonyl (C=O) groups is 1. The summed E-state index contributed by atoms with van der Waals surface area (Å²) in [4.78, 5) is 16.6. The van der Waals surface area contributed by atoms with Crippen LogP contribution in [0.2, 0.25) is 5.02 Å². The third-order valence-corrected chi connectivity index (χ3v) is 3.76. The molecule has 0 saturated heterocycles. The van der Waals surface area contributed by atoms with Crippen LogP contribution in [0.3, 0.4) is 0 Å². The highest BCUT2D eigenvalue weighted by Gasteiger charge is 2.18. The fraction of sp³-hybridized carbons (Fsp3) is 0.167. The molecule has 0 radical (unpaired) electrons. The number of halogens is 1. The van der Waals surface area contributed by atoms with Gasteiger partial charge in [0.05, 0.1) is 0 Å². The molecule has 0 spiro atoms. The summed E-state index contributed by atoms with van der Waals surface area (Å²) in [7, 11) is 0. The van der Waals surface area contributed by atoms with Crippen molar-refractivity contribution in [3.8, 4) is 11.4 Å². The van der Waals surface area contributed by atoms with E-state index in [0.717, 1.165) is 11.1 Å². The normalized spacial score (nSPS) is 12.0. The second-order valence-electron chi connectivity index (χ2n) is 5.53. The van der Waals surface area contributed by atoms with Crippen LogP contribution in [-0.4, -0.2) is 16.0 Å². The molecule has 24 heavy (non-hydrogen) atoms. The van der Waals surface area contributed by atoms with E-state index in [9.17, 15) is 4.79 Å². The second kappa shape index (κ2) is 6.84. The van der Waals surface area contributed by atoms with Crippen molar-refractivity contribution in [3.63, 3.8) is 0 Å². The third-order valence-electron chi connectivity index (χ3n) is 3.52. The lowest BCUT2D eigenvalue weighted by Gasteiger charge is -2.09. The minimum Gasteiger partial charge on any atom is -0.341 e. The SMILES string of the molecule is Cc1cccc(-c2noc([C@H](C)NC(=O)c3cccc(Cl)c3)n2)c1. The standard InChI is InChI=1S/C18H16ClN3O2/c1-11-5-3-6-13(9-11)16-21-18(24-22-16)12(2)20-17(23)14-7-4-8-15(19)10-14/h3-10,12H,1-2H3,(H,20,23)/t12-/m0/s1. The Morgan fingerprint density at radius 1 is 1.21 bits per heavy atom. The van der Waals surface area contributed by atoms with E-state index < -0.39 is 6.04 Å². The van der Waals surface area contributed by atoms with Crippen LogP contribution in [0.25, 0.3) is 11.4 Å². The molecule has 1 atom stereocenters. The maximum absolute atomic E-state index is 12.2. The maximum Gasteiger partial charge on any atom is 0.251 e. The highest BCUT2D eigenvalue weighted by Crippen LogP contribution is 2.20. The molecule has 3 aromatic rings. The monoisotopic (exact) mass is 341 g/mol. The fourth-order valence-electron chi connectivity index (χ4n) is 2.28. The van der Waals surface area contributed by atoms with Crippen LogP contribution in [0, 0.1) is 6.92 Å². The minimum atomic E-state index is -0.414. The van der Waals surface area contributed by atoms with Crippen molar-refractivity contribution in [3.05, 3.63) is 70.6 Å². The molecule has 2 aromatic carbocycles. The zero-order chi connectivity index (χ0) is 17.1. The number of hydrogen-bond acceptors (Lipinski definition) is 4. The maximum atomic E-state index is 12.2. The quantitative estimate of drug-likeness (QED) is 0.772. The molecule has 0 aliphatic rings. The number of hydrogen-bond donors (Lipinski definition) is 1. The van der Waals surface area contributed by atoms with E-state index in [1.165, 1.54) is 0 Å². The van der Waals surface area contributed by atoms with E-state index in [4.69, 9.17) is 16.1 Å². The predicted octanol–water partition coefficient (Wildman–Crippen LogP) is 4.19. The van der Waals surface area contributed by atoms with Crippen LogP contribution in [0.4, 0.5) is 0 Å². The molecule has 0 unspecified atom stereocenters. The Balaban J connectivity index is 1.74. The van der Waals surface area contributed by atoms with Gasteiger partial charge in [0.1, 0.15) is 6.04 Å².